The van der Waals surface area contributed by atoms with Gasteiger partial charge in [0.05, 0.1) is 17.9 Å². The van der Waals surface area contributed by atoms with Gasteiger partial charge < -0.3 is 9.80 Å². The molecule has 3 fully saturated rings. The molecule has 5 atom stereocenters. The average Bonchev–Trinajstić information content (AvgIpc) is 3.29. The van der Waals surface area contributed by atoms with Crippen LogP contribution < -0.4 is 10.2 Å². The van der Waals surface area contributed by atoms with Crippen molar-refractivity contribution in [3.8, 4) is 0 Å². The van der Waals surface area contributed by atoms with Gasteiger partial charge in [0, 0.05) is 23.7 Å². The molecule has 0 aromatic heterocycles. The normalized spacial score (nSPS) is 34.5. The lowest BCUT2D eigenvalue weighted by molar-refractivity contribution is -0.138. The van der Waals surface area contributed by atoms with Crippen molar-refractivity contribution in [2.75, 3.05) is 27.2 Å². The van der Waals surface area contributed by atoms with Gasteiger partial charge in [-0.3, -0.25) is 9.63 Å². The topological polar surface area (TPSA) is 91.0 Å². The number of rotatable bonds is 9. The maximum absolute atomic E-state index is 13.5. The molecule has 0 aromatic rings. The zero-order valence-electron chi connectivity index (χ0n) is 20.0. The molecule has 4 aliphatic rings. The van der Waals surface area contributed by atoms with Gasteiger partial charge in [-0.1, -0.05) is 0 Å². The molecule has 2 aliphatic heterocycles. The molecule has 2 aliphatic carbocycles. The van der Waals surface area contributed by atoms with Crippen LogP contribution in [0.5, 0.6) is 0 Å². The molecule has 1 amide bonds. The summed E-state index contributed by atoms with van der Waals surface area (Å²) < 4.78 is 29.0. The van der Waals surface area contributed by atoms with Crippen molar-refractivity contribution in [1.82, 2.24) is 20.0 Å². The molecule has 8 nitrogen and oxygen atoms in total. The molecule has 5 unspecified atom stereocenters. The summed E-state index contributed by atoms with van der Waals surface area (Å²) in [5, 5.41) is -0.488. The number of carbonyl (C=O) groups excluding carboxylic acids is 1. The first-order chi connectivity index (χ1) is 15.1. The zero-order chi connectivity index (χ0) is 23.1. The summed E-state index contributed by atoms with van der Waals surface area (Å²) in [4.78, 5) is 23.2. The minimum Gasteiger partial charge on any atom is -0.316 e. The van der Waals surface area contributed by atoms with Crippen LogP contribution in [0.25, 0.3) is 0 Å². The number of nitrogens with one attached hydrogen (secondary N) is 2. The number of carbonyl (C=O) groups is 1. The molecule has 2 N–H and O–H groups in total. The first kappa shape index (κ1) is 24.1. The first-order valence-electron chi connectivity index (χ1n) is 12.2. The molecular weight excluding hydrogens is 428 g/mol. The van der Waals surface area contributed by atoms with Crippen LogP contribution in [0.15, 0.2) is 11.8 Å². The van der Waals surface area contributed by atoms with Gasteiger partial charge in [0.2, 0.25) is 15.9 Å². The maximum Gasteiger partial charge on any atom is 0.230 e. The van der Waals surface area contributed by atoms with Gasteiger partial charge in [-0.25, -0.2) is 13.1 Å². The Morgan fingerprint density at radius 3 is 2.62 bits per heavy atom. The van der Waals surface area contributed by atoms with Crippen LogP contribution in [0.4, 0.5) is 0 Å². The maximum atomic E-state index is 13.5. The Morgan fingerprint density at radius 1 is 1.25 bits per heavy atom. The van der Waals surface area contributed by atoms with E-state index >= 15 is 0 Å². The van der Waals surface area contributed by atoms with Crippen molar-refractivity contribution in [2.24, 2.45) is 11.8 Å². The Hall–Kier alpha value is -1.00. The number of hydroxylamine groups is 1. The number of hydrogen-bond acceptors (Lipinski definition) is 6. The second kappa shape index (κ2) is 9.33. The fraction of sp³-hybridized carbons (Fsp3) is 0.870. The quantitative estimate of drug-likeness (QED) is 0.538. The number of sulfonamides is 1. The van der Waals surface area contributed by atoms with Crippen LogP contribution in [0.1, 0.15) is 65.2 Å². The highest BCUT2D eigenvalue weighted by Gasteiger charge is 2.48. The summed E-state index contributed by atoms with van der Waals surface area (Å²) in [7, 11) is 0.718. The van der Waals surface area contributed by atoms with Crippen molar-refractivity contribution in [3.63, 3.8) is 0 Å². The number of hydrogen-bond donors (Lipinski definition) is 2. The third kappa shape index (κ3) is 5.55. The minimum atomic E-state index is -3.43. The molecule has 1 saturated heterocycles. The minimum absolute atomic E-state index is 0.0376. The van der Waals surface area contributed by atoms with E-state index in [0.29, 0.717) is 19.4 Å². The summed E-state index contributed by atoms with van der Waals surface area (Å²) in [6.07, 6.45) is 8.44. The SMILES string of the molecule is CC1CC(CN2C=C(CCCN(C)C)C3CCC(S(=O)(=O)NC4(C)CC4)CC3C2=O)ON1. The van der Waals surface area contributed by atoms with Crippen LogP contribution in [-0.2, 0) is 19.7 Å². The molecule has 2 heterocycles. The molecule has 0 bridgehead atoms. The van der Waals surface area contributed by atoms with Gasteiger partial charge in [0.1, 0.15) is 0 Å². The van der Waals surface area contributed by atoms with E-state index in [2.05, 4.69) is 42.3 Å². The van der Waals surface area contributed by atoms with Crippen LogP contribution in [0.2, 0.25) is 0 Å². The first-order valence-corrected chi connectivity index (χ1v) is 13.7. The fourth-order valence-electron chi connectivity index (χ4n) is 5.45. The van der Waals surface area contributed by atoms with E-state index in [1.54, 1.807) is 0 Å². The Kier molecular flexibility index (Phi) is 7.04. The average molecular weight is 469 g/mol. The summed E-state index contributed by atoms with van der Waals surface area (Å²) in [6.45, 7) is 5.55. The molecular formula is C23H40N4O4S. The summed E-state index contributed by atoms with van der Waals surface area (Å²) >= 11 is 0. The van der Waals surface area contributed by atoms with Gasteiger partial charge in [0.15, 0.2) is 0 Å². The zero-order valence-corrected chi connectivity index (χ0v) is 20.8. The Morgan fingerprint density at radius 2 is 2.00 bits per heavy atom. The Labute approximate surface area is 193 Å². The summed E-state index contributed by atoms with van der Waals surface area (Å²) in [6, 6.07) is 0.273. The number of allylic oxidation sites excluding steroid dienone is 1. The molecule has 182 valence electrons. The second-order valence-electron chi connectivity index (χ2n) is 11.0. The predicted octanol–water partition coefficient (Wildman–Crippen LogP) is 1.99. The van der Waals surface area contributed by atoms with Crippen LogP contribution in [0.3, 0.4) is 0 Å². The van der Waals surface area contributed by atoms with Gasteiger partial charge in [0.25, 0.3) is 0 Å². The molecule has 0 aromatic carbocycles. The lowest BCUT2D eigenvalue weighted by Crippen LogP contribution is -2.50. The number of nitrogens with zero attached hydrogens (tertiary/aromatic N) is 2. The molecule has 32 heavy (non-hydrogen) atoms. The van der Waals surface area contributed by atoms with E-state index in [1.165, 1.54) is 5.57 Å². The van der Waals surface area contributed by atoms with Crippen molar-refractivity contribution in [2.45, 2.75) is 88.1 Å². The number of amides is 1. The Bertz CT molecular complexity index is 839. The van der Waals surface area contributed by atoms with Crippen molar-refractivity contribution < 1.29 is 18.0 Å². The standard InChI is InChI=1S/C23H40N4O4S/c1-16-12-18(31-24-16)15-27-14-17(6-5-11-26(3)4)20-8-7-19(13-21(20)22(27)28)32(29,30)25-23(2)9-10-23/h14,16,18-21,24-25H,5-13,15H2,1-4H3. The molecule has 2 saturated carbocycles. The third-order valence-electron chi connectivity index (χ3n) is 7.55. The molecule has 0 spiro atoms. The largest absolute Gasteiger partial charge is 0.316 e. The highest BCUT2D eigenvalue weighted by Crippen LogP contribution is 2.44. The van der Waals surface area contributed by atoms with Crippen molar-refractivity contribution in [3.05, 3.63) is 11.8 Å². The van der Waals surface area contributed by atoms with E-state index in [-0.39, 0.29) is 35.4 Å². The second-order valence-corrected chi connectivity index (χ2v) is 12.9. The summed E-state index contributed by atoms with van der Waals surface area (Å²) in [5.74, 6) is -0.0408. The highest BCUT2D eigenvalue weighted by molar-refractivity contribution is 7.90. The monoisotopic (exact) mass is 468 g/mol. The van der Waals surface area contributed by atoms with Crippen LogP contribution in [0, 0.1) is 11.8 Å². The van der Waals surface area contributed by atoms with E-state index < -0.39 is 15.3 Å². The van der Waals surface area contributed by atoms with Gasteiger partial charge in [-0.15, -0.1) is 0 Å². The number of fused-ring (bicyclic) bond motifs is 1. The van der Waals surface area contributed by atoms with Gasteiger partial charge in [-0.05, 0) is 97.3 Å². The highest BCUT2D eigenvalue weighted by atomic mass is 32.2. The van der Waals surface area contributed by atoms with Crippen LogP contribution in [-0.4, -0.2) is 74.2 Å². The Balaban J connectivity index is 1.50. The van der Waals surface area contributed by atoms with E-state index in [4.69, 9.17) is 4.84 Å². The summed E-state index contributed by atoms with van der Waals surface area (Å²) in [5.41, 5.74) is 4.01. The molecule has 4 rings (SSSR count). The fourth-order valence-corrected chi connectivity index (χ4v) is 7.41. The van der Waals surface area contributed by atoms with Crippen molar-refractivity contribution >= 4 is 15.9 Å². The van der Waals surface area contributed by atoms with Gasteiger partial charge in [-0.2, -0.15) is 5.48 Å². The predicted molar refractivity (Wildman–Crippen MR) is 124 cm³/mol. The van der Waals surface area contributed by atoms with E-state index in [0.717, 1.165) is 45.1 Å². The lowest BCUT2D eigenvalue weighted by atomic mass is 9.71. The van der Waals surface area contributed by atoms with E-state index in [1.807, 2.05) is 11.8 Å². The third-order valence-corrected chi connectivity index (χ3v) is 9.63. The van der Waals surface area contributed by atoms with Crippen molar-refractivity contribution in [1.29, 1.82) is 0 Å². The smallest absolute Gasteiger partial charge is 0.230 e. The van der Waals surface area contributed by atoms with Crippen LogP contribution >= 0.6 is 0 Å². The van der Waals surface area contributed by atoms with E-state index in [9.17, 15) is 13.2 Å². The molecule has 9 heteroatoms. The van der Waals surface area contributed by atoms with Gasteiger partial charge >= 0.3 is 0 Å². The molecule has 0 radical (unpaired) electrons. The lowest BCUT2D eigenvalue weighted by Gasteiger charge is -2.42.